The average Bonchev–Trinajstić information content (AvgIpc) is 2.30. The van der Waals surface area contributed by atoms with Crippen LogP contribution in [0.5, 0.6) is 0 Å². The Morgan fingerprint density at radius 3 is 3.06 bits per heavy atom. The lowest BCUT2D eigenvalue weighted by molar-refractivity contribution is 0.250. The molecule has 4 heteroatoms. The Bertz CT molecular complexity index is 307. The lowest BCUT2D eigenvalue weighted by Crippen LogP contribution is -2.03. The van der Waals surface area contributed by atoms with Crippen LogP contribution in [0.1, 0.15) is 19.4 Å². The summed E-state index contributed by atoms with van der Waals surface area (Å²) in [5.74, 6) is 3.29. The lowest BCUT2D eigenvalue weighted by atomic mass is 10.2. The van der Waals surface area contributed by atoms with Gasteiger partial charge in [-0.25, -0.2) is 4.98 Å². The highest BCUT2D eigenvalue weighted by Gasteiger charge is 2.01. The zero-order chi connectivity index (χ0) is 11.8. The first kappa shape index (κ1) is 13.3. The first-order valence-electron chi connectivity index (χ1n) is 5.63. The SMILES string of the molecule is CCNc1cc(CSCC(C)CO)ccn1. The minimum Gasteiger partial charge on any atom is -0.396 e. The van der Waals surface area contributed by atoms with Gasteiger partial charge >= 0.3 is 0 Å². The largest absolute Gasteiger partial charge is 0.396 e. The minimum absolute atomic E-state index is 0.270. The van der Waals surface area contributed by atoms with Gasteiger partial charge in [-0.2, -0.15) is 11.8 Å². The zero-order valence-corrected chi connectivity index (χ0v) is 10.8. The molecule has 0 saturated heterocycles. The van der Waals surface area contributed by atoms with Crippen LogP contribution in [-0.4, -0.2) is 29.0 Å². The summed E-state index contributed by atoms with van der Waals surface area (Å²) in [7, 11) is 0. The van der Waals surface area contributed by atoms with Crippen LogP contribution in [0.25, 0.3) is 0 Å². The molecule has 0 radical (unpaired) electrons. The smallest absolute Gasteiger partial charge is 0.126 e. The molecule has 0 fully saturated rings. The van der Waals surface area contributed by atoms with Gasteiger partial charge in [0.05, 0.1) is 0 Å². The molecule has 0 spiro atoms. The van der Waals surface area contributed by atoms with Gasteiger partial charge < -0.3 is 10.4 Å². The zero-order valence-electron chi connectivity index (χ0n) is 9.94. The number of aliphatic hydroxyl groups excluding tert-OH is 1. The summed E-state index contributed by atoms with van der Waals surface area (Å²) in [6, 6.07) is 4.12. The summed E-state index contributed by atoms with van der Waals surface area (Å²) in [5.41, 5.74) is 1.28. The van der Waals surface area contributed by atoms with E-state index in [1.54, 1.807) is 0 Å². The molecule has 0 aliphatic heterocycles. The molecule has 1 rings (SSSR count). The summed E-state index contributed by atoms with van der Waals surface area (Å²) in [5, 5.41) is 12.1. The van der Waals surface area contributed by atoms with Crippen molar-refractivity contribution in [2.45, 2.75) is 19.6 Å². The van der Waals surface area contributed by atoms with Crippen LogP contribution < -0.4 is 5.32 Å². The molecular formula is C12H20N2OS. The number of pyridine rings is 1. The lowest BCUT2D eigenvalue weighted by Gasteiger charge is -2.08. The van der Waals surface area contributed by atoms with E-state index in [0.717, 1.165) is 23.9 Å². The van der Waals surface area contributed by atoms with E-state index >= 15 is 0 Å². The predicted octanol–water partition coefficient (Wildman–Crippen LogP) is 2.38. The van der Waals surface area contributed by atoms with Crippen molar-refractivity contribution in [2.24, 2.45) is 5.92 Å². The van der Waals surface area contributed by atoms with Crippen molar-refractivity contribution in [1.82, 2.24) is 4.98 Å². The van der Waals surface area contributed by atoms with Crippen LogP contribution in [0.15, 0.2) is 18.3 Å². The summed E-state index contributed by atoms with van der Waals surface area (Å²) in [6.45, 7) is 5.28. The van der Waals surface area contributed by atoms with Crippen molar-refractivity contribution in [1.29, 1.82) is 0 Å². The Morgan fingerprint density at radius 2 is 2.38 bits per heavy atom. The number of nitrogens with zero attached hydrogens (tertiary/aromatic N) is 1. The Morgan fingerprint density at radius 1 is 1.56 bits per heavy atom. The molecular weight excluding hydrogens is 220 g/mol. The van der Waals surface area contributed by atoms with Gasteiger partial charge in [-0.1, -0.05) is 6.92 Å². The van der Waals surface area contributed by atoms with Gasteiger partial charge in [0.25, 0.3) is 0 Å². The topological polar surface area (TPSA) is 45.1 Å². The van der Waals surface area contributed by atoms with Gasteiger partial charge in [-0.3, -0.25) is 0 Å². The molecule has 0 amide bonds. The molecule has 0 bridgehead atoms. The Labute approximate surface area is 102 Å². The highest BCUT2D eigenvalue weighted by molar-refractivity contribution is 7.98. The number of thioether (sulfide) groups is 1. The third kappa shape index (κ3) is 4.86. The first-order chi connectivity index (χ1) is 7.76. The van der Waals surface area contributed by atoms with Crippen molar-refractivity contribution in [3.8, 4) is 0 Å². The molecule has 90 valence electrons. The third-order valence-electron chi connectivity index (χ3n) is 2.17. The number of aliphatic hydroxyl groups is 1. The van der Waals surface area contributed by atoms with Crippen LogP contribution in [0.2, 0.25) is 0 Å². The van der Waals surface area contributed by atoms with Gasteiger partial charge in [0.15, 0.2) is 0 Å². The van der Waals surface area contributed by atoms with E-state index in [1.165, 1.54) is 5.56 Å². The highest BCUT2D eigenvalue weighted by Crippen LogP contribution is 2.16. The standard InChI is InChI=1S/C12H20N2OS/c1-3-13-12-6-11(4-5-14-12)9-16-8-10(2)7-15/h4-6,10,15H,3,7-9H2,1-2H3,(H,13,14). The Kier molecular flexibility index (Phi) is 6.26. The maximum Gasteiger partial charge on any atom is 0.126 e. The molecule has 0 aliphatic carbocycles. The Hall–Kier alpha value is -0.740. The number of hydrogen-bond acceptors (Lipinski definition) is 4. The summed E-state index contributed by atoms with van der Waals surface area (Å²) in [6.07, 6.45) is 1.84. The van der Waals surface area contributed by atoms with E-state index in [1.807, 2.05) is 24.0 Å². The van der Waals surface area contributed by atoms with Crippen LogP contribution >= 0.6 is 11.8 Å². The molecule has 16 heavy (non-hydrogen) atoms. The fourth-order valence-electron chi connectivity index (χ4n) is 1.27. The van der Waals surface area contributed by atoms with Crippen molar-refractivity contribution in [3.63, 3.8) is 0 Å². The maximum absolute atomic E-state index is 8.91. The normalized spacial score (nSPS) is 12.4. The second kappa shape index (κ2) is 7.52. The Balaban J connectivity index is 2.38. The number of hydrogen-bond donors (Lipinski definition) is 2. The molecule has 0 aromatic carbocycles. The van der Waals surface area contributed by atoms with Crippen LogP contribution in [0.4, 0.5) is 5.82 Å². The fraction of sp³-hybridized carbons (Fsp3) is 0.583. The predicted molar refractivity (Wildman–Crippen MR) is 70.8 cm³/mol. The van der Waals surface area contributed by atoms with Gasteiger partial charge in [-0.05, 0) is 36.3 Å². The molecule has 1 unspecified atom stereocenters. The summed E-state index contributed by atoms with van der Waals surface area (Å²) >= 11 is 1.85. The highest BCUT2D eigenvalue weighted by atomic mass is 32.2. The quantitative estimate of drug-likeness (QED) is 0.768. The monoisotopic (exact) mass is 240 g/mol. The number of aromatic nitrogens is 1. The van der Waals surface area contributed by atoms with Gasteiger partial charge in [0.2, 0.25) is 0 Å². The molecule has 1 aromatic heterocycles. The molecule has 1 heterocycles. The minimum atomic E-state index is 0.270. The van der Waals surface area contributed by atoms with Crippen molar-refractivity contribution in [3.05, 3.63) is 23.9 Å². The molecule has 0 saturated carbocycles. The molecule has 0 aliphatic rings. The molecule has 2 N–H and O–H groups in total. The van der Waals surface area contributed by atoms with E-state index in [9.17, 15) is 0 Å². The number of anilines is 1. The maximum atomic E-state index is 8.91. The van der Waals surface area contributed by atoms with Crippen LogP contribution in [-0.2, 0) is 5.75 Å². The van der Waals surface area contributed by atoms with Gasteiger partial charge in [-0.15, -0.1) is 0 Å². The van der Waals surface area contributed by atoms with Gasteiger partial charge in [0.1, 0.15) is 5.82 Å². The number of rotatable bonds is 7. The fourth-order valence-corrected chi connectivity index (χ4v) is 2.31. The summed E-state index contributed by atoms with van der Waals surface area (Å²) < 4.78 is 0. The van der Waals surface area contributed by atoms with Crippen molar-refractivity contribution in [2.75, 3.05) is 24.2 Å². The van der Waals surface area contributed by atoms with E-state index in [2.05, 4.69) is 30.2 Å². The summed E-state index contributed by atoms with van der Waals surface area (Å²) in [4.78, 5) is 4.23. The van der Waals surface area contributed by atoms with E-state index in [0.29, 0.717) is 5.92 Å². The second-order valence-corrected chi connectivity index (χ2v) is 4.91. The number of nitrogens with one attached hydrogen (secondary N) is 1. The average molecular weight is 240 g/mol. The third-order valence-corrected chi connectivity index (χ3v) is 3.51. The van der Waals surface area contributed by atoms with Gasteiger partial charge in [0, 0.05) is 25.1 Å². The van der Waals surface area contributed by atoms with Crippen LogP contribution in [0.3, 0.4) is 0 Å². The van der Waals surface area contributed by atoms with Crippen molar-refractivity contribution < 1.29 is 5.11 Å². The van der Waals surface area contributed by atoms with E-state index < -0.39 is 0 Å². The first-order valence-corrected chi connectivity index (χ1v) is 6.79. The second-order valence-electron chi connectivity index (χ2n) is 3.88. The van der Waals surface area contributed by atoms with Crippen LogP contribution in [0, 0.1) is 5.92 Å². The van der Waals surface area contributed by atoms with E-state index in [-0.39, 0.29) is 6.61 Å². The molecule has 1 atom stereocenters. The molecule has 1 aromatic rings. The van der Waals surface area contributed by atoms with Crippen molar-refractivity contribution >= 4 is 17.6 Å². The molecule has 3 nitrogen and oxygen atoms in total. The van der Waals surface area contributed by atoms with E-state index in [4.69, 9.17) is 5.11 Å².